The van der Waals surface area contributed by atoms with Crippen LogP contribution in [0.3, 0.4) is 0 Å². The van der Waals surface area contributed by atoms with E-state index in [0.717, 1.165) is 55.2 Å². The predicted molar refractivity (Wildman–Crippen MR) is 312 cm³/mol. The zero-order chi connectivity index (χ0) is 63.7. The van der Waals surface area contributed by atoms with Crippen LogP contribution >= 0.6 is 0 Å². The summed E-state index contributed by atoms with van der Waals surface area (Å²) in [5, 5.41) is 50.2. The van der Waals surface area contributed by atoms with Crippen LogP contribution in [0.2, 0.25) is 0 Å². The van der Waals surface area contributed by atoms with Gasteiger partial charge in [-0.25, -0.2) is 17.6 Å². The van der Waals surface area contributed by atoms with Gasteiger partial charge in [0.25, 0.3) is 5.97 Å². The van der Waals surface area contributed by atoms with Crippen molar-refractivity contribution >= 4 is 12.3 Å². The number of aliphatic hydroxyl groups excluding tert-OH is 1. The average molecular weight is 1100 g/mol. The maximum Gasteiger partial charge on any atom is 0.300 e. The number of benzene rings is 5. The van der Waals surface area contributed by atoms with E-state index in [0.29, 0.717) is 0 Å². The molecule has 5 aromatic carbocycles. The maximum absolute atomic E-state index is 10.3. The molecule has 4 N–H and O–H groups in total. The molecule has 5 rings (SSSR count). The fourth-order valence-electron chi connectivity index (χ4n) is 1.92. The van der Waals surface area contributed by atoms with Gasteiger partial charge in [0.15, 0.2) is 28.2 Å². The number of nitro groups is 4. The summed E-state index contributed by atoms with van der Waals surface area (Å²) in [5.41, 5.74) is 4.50. The summed E-state index contributed by atoms with van der Waals surface area (Å²) in [6.07, 6.45) is -3.58. The van der Waals surface area contributed by atoms with Crippen LogP contribution in [-0.2, 0) is 9.59 Å². The zero-order valence-corrected chi connectivity index (χ0v) is 49.1. The second kappa shape index (κ2) is 144. The van der Waals surface area contributed by atoms with Crippen LogP contribution < -0.4 is 5.73 Å². The molecule has 0 saturated heterocycles. The van der Waals surface area contributed by atoms with Crippen LogP contribution in [0, 0.1) is 40.5 Å². The number of hydrogen-bond donors (Lipinski definition) is 3. The Morgan fingerprint density at radius 3 is 0.447 bits per heavy atom. The quantitative estimate of drug-likeness (QED) is 0.0564. The Bertz CT molecular complexity index is 1150. The van der Waals surface area contributed by atoms with Gasteiger partial charge in [0.05, 0.1) is 0 Å². The van der Waals surface area contributed by atoms with Crippen molar-refractivity contribution in [3.05, 3.63) is 222 Å². The molecule has 444 valence electrons. The zero-order valence-electron chi connectivity index (χ0n) is 49.1. The van der Waals surface area contributed by atoms with Crippen LogP contribution in [0.5, 0.6) is 0 Å². The molecule has 0 aliphatic heterocycles. The Balaban J connectivity index is -0.0000000402. The van der Waals surface area contributed by atoms with Gasteiger partial charge < -0.3 is 20.7 Å². The van der Waals surface area contributed by atoms with E-state index in [1.165, 1.54) is 14.0 Å². The lowest BCUT2D eigenvalue weighted by Gasteiger charge is -1.70. The summed E-state index contributed by atoms with van der Waals surface area (Å²) < 4.78 is 41.3. The molecule has 21 heteroatoms. The van der Waals surface area contributed by atoms with Gasteiger partial charge in [-0.2, -0.15) is 0 Å². The highest BCUT2D eigenvalue weighted by atomic mass is 19.3. The molecule has 0 fully saturated rings. The first kappa shape index (κ1) is 109. The maximum atomic E-state index is 10.3. The highest BCUT2D eigenvalue weighted by Gasteiger charge is 1.80. The fourth-order valence-corrected chi connectivity index (χ4v) is 1.92. The number of nitrogens with zero attached hydrogens (tertiary/aromatic N) is 4. The third-order valence-electron chi connectivity index (χ3n) is 3.33. The number of carboxylic acids is 1. The minimum Gasteiger partial charge on any atom is -0.481 e. The Morgan fingerprint density at radius 2 is 0.434 bits per heavy atom. The smallest absolute Gasteiger partial charge is 0.300 e. The molecule has 0 spiro atoms. The van der Waals surface area contributed by atoms with E-state index in [4.69, 9.17) is 60.3 Å². The van der Waals surface area contributed by atoms with Crippen LogP contribution in [-0.4, -0.2) is 96.9 Å². The number of halogens is 4. The van der Waals surface area contributed by atoms with E-state index in [1.807, 2.05) is 251 Å². The molecule has 0 aliphatic carbocycles. The van der Waals surface area contributed by atoms with Gasteiger partial charge in [-0.05, 0) is 34.7 Å². The predicted octanol–water partition coefficient (Wildman–Crippen LogP) is 15.5. The first-order valence-corrected chi connectivity index (χ1v) is 23.6. The number of nitrogens with two attached hydrogens (primary N) is 1. The van der Waals surface area contributed by atoms with Gasteiger partial charge in [0.1, 0.15) is 6.29 Å². The van der Waals surface area contributed by atoms with Crippen molar-refractivity contribution < 1.29 is 57.1 Å². The molecular weight excluding hydrogens is 999 g/mol. The molecule has 0 aromatic heterocycles. The van der Waals surface area contributed by atoms with E-state index in [9.17, 15) is 17.6 Å². The van der Waals surface area contributed by atoms with Gasteiger partial charge in [-0.1, -0.05) is 251 Å². The average Bonchev–Trinajstić information content (AvgIpc) is 3.40. The van der Waals surface area contributed by atoms with Crippen molar-refractivity contribution in [2.24, 2.45) is 5.73 Å². The topological polar surface area (TPSA) is 273 Å². The van der Waals surface area contributed by atoms with Crippen molar-refractivity contribution in [3.63, 3.8) is 0 Å². The first-order chi connectivity index (χ1) is 36.0. The normalized spacial score (nSPS) is 6.63. The van der Waals surface area contributed by atoms with Crippen molar-refractivity contribution in [2.75, 3.05) is 41.8 Å². The van der Waals surface area contributed by atoms with Gasteiger partial charge in [-0.3, -0.25) is 45.3 Å². The lowest BCUT2D eigenvalue weighted by molar-refractivity contribution is -0.445. The molecule has 0 atom stereocenters. The van der Waals surface area contributed by atoms with Crippen LogP contribution in [0.25, 0.3) is 0 Å². The Kier molecular flexibility index (Phi) is 207. The molecule has 0 unspecified atom stereocenters. The molecule has 0 bridgehead atoms. The van der Waals surface area contributed by atoms with Gasteiger partial charge in [0, 0.05) is 33.2 Å². The highest BCUT2D eigenvalue weighted by Crippen LogP contribution is 1.84. The van der Waals surface area contributed by atoms with Crippen LogP contribution in [0.4, 0.5) is 17.6 Å². The minimum atomic E-state index is -2.17. The standard InChI is InChI=1S/5C6H6.2C2H4F2.C2H4O2.C2H6O.C2H4O.5C2H6.4CH3NO2.CH5N/c5*1-2-4-6-5-3-1;3*1-2(3)4;2*1-2-3;5*1-2;4*1-2(3)4;1-2/h5*1-6H;2*2H,1H3;1H3,(H,3,4);3H,2H2,1H3;2H,1H3;5*1-2H3;4*1H3;2H2,1H3. The SMILES string of the molecule is CC.CC.CC.CC.CC.CC(=O)O.CC(F)F.CC(F)F.CC=O.CCO.CN.C[N+](=O)[O-].C[N+](=O)[O-].C[N+](=O)[O-].C[N+](=O)[O-].c1ccccc1.c1ccccc1.c1ccccc1.c1ccccc1.c1ccccc1. The van der Waals surface area contributed by atoms with E-state index < -0.39 is 38.5 Å². The van der Waals surface area contributed by atoms with E-state index >= 15 is 0 Å². The Morgan fingerprint density at radius 1 is 0.421 bits per heavy atom. The van der Waals surface area contributed by atoms with Crippen molar-refractivity contribution in [2.45, 2.75) is 117 Å². The lowest BCUT2D eigenvalue weighted by Crippen LogP contribution is -1.79. The number of carboxylic acid groups (broad SMARTS) is 1. The summed E-state index contributed by atoms with van der Waals surface area (Å²) in [6.45, 7) is 26.1. The van der Waals surface area contributed by atoms with Crippen molar-refractivity contribution in [1.82, 2.24) is 0 Å². The molecule has 0 saturated carbocycles. The van der Waals surface area contributed by atoms with Gasteiger partial charge in [-0.15, -0.1) is 0 Å². The first-order valence-electron chi connectivity index (χ1n) is 23.6. The number of carbonyl (C=O) groups excluding carboxylic acids is 1. The minimum absolute atomic E-state index is 0.250. The van der Waals surface area contributed by atoms with E-state index in [2.05, 4.69) is 5.73 Å². The largest absolute Gasteiger partial charge is 0.481 e. The molecule has 0 heterocycles. The van der Waals surface area contributed by atoms with Crippen LogP contribution in [0.15, 0.2) is 182 Å². The van der Waals surface area contributed by atoms with Crippen molar-refractivity contribution in [3.8, 4) is 0 Å². The highest BCUT2D eigenvalue weighted by molar-refractivity contribution is 5.62. The molecule has 0 aliphatic rings. The number of alkyl halides is 4. The molecule has 0 radical (unpaired) electrons. The lowest BCUT2D eigenvalue weighted by atomic mass is 10.4. The third kappa shape index (κ3) is 564. The van der Waals surface area contributed by atoms with E-state index in [1.54, 1.807) is 6.92 Å². The summed E-state index contributed by atoms with van der Waals surface area (Å²) in [7, 11) is 5.06. The molecule has 17 nitrogen and oxygen atoms in total. The van der Waals surface area contributed by atoms with Crippen LogP contribution in [0.1, 0.15) is 104 Å². The Labute approximate surface area is 454 Å². The van der Waals surface area contributed by atoms with Gasteiger partial charge >= 0.3 is 0 Å². The molecule has 0 amide bonds. The van der Waals surface area contributed by atoms with E-state index in [-0.39, 0.29) is 6.61 Å². The number of aldehydes is 1. The summed E-state index contributed by atoms with van der Waals surface area (Å²) in [5.74, 6) is -0.833. The van der Waals surface area contributed by atoms with Crippen molar-refractivity contribution in [1.29, 1.82) is 0 Å². The second-order valence-corrected chi connectivity index (χ2v) is 9.64. The van der Waals surface area contributed by atoms with Gasteiger partial charge in [0.2, 0.25) is 12.9 Å². The number of carbonyl (C=O) groups is 2. The number of hydrogen-bond acceptors (Lipinski definition) is 12. The number of aliphatic hydroxyl groups is 1. The fraction of sp³-hybridized carbons (Fsp3) is 0.418. The Hall–Kier alpha value is -7.52. The number of rotatable bonds is 0. The monoisotopic (exact) mass is 1100 g/mol. The number of aliphatic carboxylic acids is 1. The third-order valence-corrected chi connectivity index (χ3v) is 3.33. The molecular formula is C55H99F4N5O12. The molecule has 5 aromatic rings. The summed E-state index contributed by atoms with van der Waals surface area (Å²) >= 11 is 0. The summed E-state index contributed by atoms with van der Waals surface area (Å²) in [6, 6.07) is 60.0. The summed E-state index contributed by atoms with van der Waals surface area (Å²) in [4.78, 5) is 51.0. The second-order valence-electron chi connectivity index (χ2n) is 9.64. The molecule has 76 heavy (non-hydrogen) atoms.